The molecule has 7 nitrogen and oxygen atoms in total. The summed E-state index contributed by atoms with van der Waals surface area (Å²) in [6, 6.07) is 3.55. The van der Waals surface area contributed by atoms with E-state index >= 15 is 0 Å². The molecular weight excluding hydrogens is 278 g/mol. The van der Waals surface area contributed by atoms with Crippen LogP contribution in [0, 0.1) is 0 Å². The van der Waals surface area contributed by atoms with Crippen molar-refractivity contribution in [1.29, 1.82) is 0 Å². The molecule has 116 valence electrons. The van der Waals surface area contributed by atoms with Gasteiger partial charge in [0.05, 0.1) is 18.9 Å². The molecule has 21 heavy (non-hydrogen) atoms. The second-order valence-electron chi connectivity index (χ2n) is 4.80. The lowest BCUT2D eigenvalue weighted by molar-refractivity contribution is -0.304. The third-order valence-electron chi connectivity index (χ3n) is 3.32. The molecule has 1 aliphatic rings. The van der Waals surface area contributed by atoms with Crippen LogP contribution in [-0.2, 0) is 16.1 Å². The monoisotopic (exact) mass is 297 g/mol. The van der Waals surface area contributed by atoms with Gasteiger partial charge in [0.2, 0.25) is 0 Å². The van der Waals surface area contributed by atoms with Gasteiger partial charge in [-0.15, -0.1) is 0 Å². The average Bonchev–Trinajstić information content (AvgIpc) is 2.52. The summed E-state index contributed by atoms with van der Waals surface area (Å²) in [5.74, 6) is 0. The van der Waals surface area contributed by atoms with E-state index in [0.29, 0.717) is 0 Å². The standard InChI is InChI=1S/C14H19NO6/c1-2-9-4-3-8(5-15-9)7-20-14-13(19)12(18)11(17)10(6-16)21-14/h2-5,10-14,16-19H,1,6-7H2. The second kappa shape index (κ2) is 7.08. The van der Waals surface area contributed by atoms with Gasteiger partial charge in [0.1, 0.15) is 24.4 Å². The molecule has 2 rings (SSSR count). The Bertz CT molecular complexity index is 463. The molecule has 2 heterocycles. The molecule has 1 fully saturated rings. The largest absolute Gasteiger partial charge is 0.394 e. The van der Waals surface area contributed by atoms with Crippen LogP contribution in [0.25, 0.3) is 6.08 Å². The predicted octanol–water partition coefficient (Wildman–Crippen LogP) is -0.959. The average molecular weight is 297 g/mol. The Hall–Kier alpha value is -1.35. The number of nitrogens with zero attached hydrogens (tertiary/aromatic N) is 1. The van der Waals surface area contributed by atoms with Crippen LogP contribution in [0.3, 0.4) is 0 Å². The number of rotatable bonds is 5. The van der Waals surface area contributed by atoms with E-state index in [1.807, 2.05) is 0 Å². The maximum Gasteiger partial charge on any atom is 0.187 e. The summed E-state index contributed by atoms with van der Waals surface area (Å²) in [5.41, 5.74) is 1.48. The Morgan fingerprint density at radius 2 is 2.00 bits per heavy atom. The van der Waals surface area contributed by atoms with Gasteiger partial charge in [-0.05, 0) is 17.7 Å². The maximum absolute atomic E-state index is 9.81. The van der Waals surface area contributed by atoms with Crippen LogP contribution >= 0.6 is 0 Å². The summed E-state index contributed by atoms with van der Waals surface area (Å²) < 4.78 is 10.6. The van der Waals surface area contributed by atoms with Gasteiger partial charge >= 0.3 is 0 Å². The minimum atomic E-state index is -1.44. The molecule has 4 N–H and O–H groups in total. The first-order valence-electron chi connectivity index (χ1n) is 6.56. The number of hydrogen-bond acceptors (Lipinski definition) is 7. The Morgan fingerprint density at radius 1 is 1.24 bits per heavy atom. The topological polar surface area (TPSA) is 112 Å². The summed E-state index contributed by atoms with van der Waals surface area (Å²) in [7, 11) is 0. The van der Waals surface area contributed by atoms with E-state index in [0.717, 1.165) is 11.3 Å². The van der Waals surface area contributed by atoms with Crippen molar-refractivity contribution in [3.05, 3.63) is 36.2 Å². The highest BCUT2D eigenvalue weighted by Crippen LogP contribution is 2.22. The Morgan fingerprint density at radius 3 is 2.57 bits per heavy atom. The molecule has 1 aromatic rings. The molecule has 0 aliphatic carbocycles. The molecule has 0 bridgehead atoms. The first kappa shape index (κ1) is 16.0. The minimum Gasteiger partial charge on any atom is -0.394 e. The van der Waals surface area contributed by atoms with Gasteiger partial charge in [0.25, 0.3) is 0 Å². The summed E-state index contributed by atoms with van der Waals surface area (Å²) in [6.45, 7) is 3.22. The van der Waals surface area contributed by atoms with Crippen LogP contribution in [-0.4, -0.2) is 62.7 Å². The van der Waals surface area contributed by atoms with Gasteiger partial charge in [0.15, 0.2) is 6.29 Å². The lowest BCUT2D eigenvalue weighted by Crippen LogP contribution is -2.59. The molecule has 1 aromatic heterocycles. The van der Waals surface area contributed by atoms with E-state index in [1.54, 1.807) is 24.4 Å². The van der Waals surface area contributed by atoms with E-state index < -0.39 is 37.3 Å². The van der Waals surface area contributed by atoms with E-state index in [2.05, 4.69) is 11.6 Å². The van der Waals surface area contributed by atoms with Crippen molar-refractivity contribution < 1.29 is 29.9 Å². The van der Waals surface area contributed by atoms with Crippen LogP contribution in [0.1, 0.15) is 11.3 Å². The van der Waals surface area contributed by atoms with Gasteiger partial charge < -0.3 is 29.9 Å². The molecule has 7 heteroatoms. The second-order valence-corrected chi connectivity index (χ2v) is 4.80. The normalized spacial score (nSPS) is 32.9. The molecule has 0 amide bonds. The van der Waals surface area contributed by atoms with Crippen molar-refractivity contribution in [3.63, 3.8) is 0 Å². The maximum atomic E-state index is 9.81. The van der Waals surface area contributed by atoms with Gasteiger partial charge in [0, 0.05) is 6.20 Å². The summed E-state index contributed by atoms with van der Waals surface area (Å²) >= 11 is 0. The number of aliphatic hydroxyl groups excluding tert-OH is 4. The molecule has 0 aromatic carbocycles. The molecule has 0 saturated carbocycles. The summed E-state index contributed by atoms with van der Waals surface area (Å²) in [5, 5.41) is 38.2. The number of hydrogen-bond donors (Lipinski definition) is 4. The SMILES string of the molecule is C=Cc1ccc(COC2OC(CO)C(O)C(O)C2O)cn1. The van der Waals surface area contributed by atoms with Gasteiger partial charge in [-0.3, -0.25) is 4.98 Å². The van der Waals surface area contributed by atoms with E-state index in [-0.39, 0.29) is 6.61 Å². The first-order chi connectivity index (χ1) is 10.1. The van der Waals surface area contributed by atoms with Crippen LogP contribution < -0.4 is 0 Å². The van der Waals surface area contributed by atoms with E-state index in [1.165, 1.54) is 0 Å². The number of pyridine rings is 1. The zero-order valence-corrected chi connectivity index (χ0v) is 11.4. The Kier molecular flexibility index (Phi) is 5.40. The summed E-state index contributed by atoms with van der Waals surface area (Å²) in [4.78, 5) is 4.11. The van der Waals surface area contributed by atoms with Gasteiger partial charge in [-0.25, -0.2) is 0 Å². The highest BCUT2D eigenvalue weighted by atomic mass is 16.7. The van der Waals surface area contributed by atoms with E-state index in [4.69, 9.17) is 14.6 Å². The fourth-order valence-corrected chi connectivity index (χ4v) is 2.03. The quantitative estimate of drug-likeness (QED) is 0.554. The Labute approximate surface area is 122 Å². The Balaban J connectivity index is 1.96. The zero-order valence-electron chi connectivity index (χ0n) is 11.4. The van der Waals surface area contributed by atoms with Crippen molar-refractivity contribution in [2.24, 2.45) is 0 Å². The van der Waals surface area contributed by atoms with Crippen LogP contribution in [0.5, 0.6) is 0 Å². The van der Waals surface area contributed by atoms with Crippen LogP contribution in [0.15, 0.2) is 24.9 Å². The molecule has 0 radical (unpaired) electrons. The number of ether oxygens (including phenoxy) is 2. The fraction of sp³-hybridized carbons (Fsp3) is 0.500. The van der Waals surface area contributed by atoms with Gasteiger partial charge in [-0.1, -0.05) is 12.6 Å². The molecule has 0 spiro atoms. The summed E-state index contributed by atoms with van der Waals surface area (Å²) in [6.07, 6.45) is -3.14. The molecular formula is C14H19NO6. The van der Waals surface area contributed by atoms with Crippen molar-refractivity contribution in [2.45, 2.75) is 37.3 Å². The number of aromatic nitrogens is 1. The first-order valence-corrected chi connectivity index (χ1v) is 6.56. The van der Waals surface area contributed by atoms with Crippen molar-refractivity contribution >= 4 is 6.08 Å². The molecule has 1 saturated heterocycles. The highest BCUT2D eigenvalue weighted by Gasteiger charge is 2.43. The lowest BCUT2D eigenvalue weighted by atomic mass is 9.99. The van der Waals surface area contributed by atoms with Crippen LogP contribution in [0.4, 0.5) is 0 Å². The molecule has 1 aliphatic heterocycles. The molecule has 5 unspecified atom stereocenters. The van der Waals surface area contributed by atoms with Crippen molar-refractivity contribution in [3.8, 4) is 0 Å². The lowest BCUT2D eigenvalue weighted by Gasteiger charge is -2.39. The highest BCUT2D eigenvalue weighted by molar-refractivity contribution is 5.41. The smallest absolute Gasteiger partial charge is 0.187 e. The third-order valence-corrected chi connectivity index (χ3v) is 3.32. The van der Waals surface area contributed by atoms with E-state index in [9.17, 15) is 15.3 Å². The molecule has 5 atom stereocenters. The van der Waals surface area contributed by atoms with Crippen LogP contribution in [0.2, 0.25) is 0 Å². The number of aliphatic hydroxyl groups is 4. The van der Waals surface area contributed by atoms with Gasteiger partial charge in [-0.2, -0.15) is 0 Å². The fourth-order valence-electron chi connectivity index (χ4n) is 2.03. The minimum absolute atomic E-state index is 0.104. The van der Waals surface area contributed by atoms with Crippen molar-refractivity contribution in [1.82, 2.24) is 4.98 Å². The third kappa shape index (κ3) is 3.65. The predicted molar refractivity (Wildman–Crippen MR) is 72.9 cm³/mol. The zero-order chi connectivity index (χ0) is 15.4. The van der Waals surface area contributed by atoms with Crippen molar-refractivity contribution in [2.75, 3.05) is 6.61 Å².